The zero-order chi connectivity index (χ0) is 26.9. The summed E-state index contributed by atoms with van der Waals surface area (Å²) in [6.07, 6.45) is 1.50. The van der Waals surface area contributed by atoms with Gasteiger partial charge in [-0.15, -0.1) is 0 Å². The number of benzene rings is 3. The number of nitrogens with two attached hydrogens (primary N) is 2. The average molecular weight is 504 g/mol. The van der Waals surface area contributed by atoms with E-state index < -0.39 is 23.9 Å². The predicted octanol–water partition coefficient (Wildman–Crippen LogP) is 3.85. The Morgan fingerprint density at radius 1 is 0.946 bits per heavy atom. The van der Waals surface area contributed by atoms with Gasteiger partial charge < -0.3 is 26.3 Å². The second kappa shape index (κ2) is 12.9. The smallest absolute Gasteiger partial charge is 0.240 e. The molecule has 0 saturated heterocycles. The minimum absolute atomic E-state index is 0.233. The van der Waals surface area contributed by atoms with Crippen molar-refractivity contribution in [2.45, 2.75) is 52.1 Å². The highest BCUT2D eigenvalue weighted by atomic mass is 16.5. The monoisotopic (exact) mass is 503 g/mol. The van der Waals surface area contributed by atoms with E-state index in [9.17, 15) is 9.59 Å². The molecule has 0 unspecified atom stereocenters. The predicted molar refractivity (Wildman–Crippen MR) is 147 cm³/mol. The molecule has 0 aliphatic carbocycles. The molecule has 0 spiro atoms. The van der Waals surface area contributed by atoms with Crippen LogP contribution in [0.3, 0.4) is 0 Å². The number of ether oxygens (including phenoxy) is 2. The van der Waals surface area contributed by atoms with E-state index in [1.165, 1.54) is 5.56 Å². The number of amides is 2. The summed E-state index contributed by atoms with van der Waals surface area (Å²) in [6.45, 7) is 6.31. The molecule has 0 aromatic heterocycles. The fraction of sp³-hybridized carbons (Fsp3) is 0.333. The van der Waals surface area contributed by atoms with Gasteiger partial charge in [0.1, 0.15) is 17.5 Å². The lowest BCUT2D eigenvalue weighted by Gasteiger charge is -2.19. The van der Waals surface area contributed by atoms with Crippen molar-refractivity contribution >= 4 is 11.8 Å². The maximum Gasteiger partial charge on any atom is 0.240 e. The SMILES string of the molecule is CCc1ccc(-c2ccc(C[C@H](N)C(=O)N[C@H](CCOc3ccc(C)cc3C)C(N)=O)cc2)c(OC)c1. The molecule has 2 amide bonds. The molecule has 0 saturated carbocycles. The molecule has 5 N–H and O–H groups in total. The van der Waals surface area contributed by atoms with Gasteiger partial charge in [0.2, 0.25) is 11.8 Å². The Morgan fingerprint density at radius 2 is 1.65 bits per heavy atom. The Kier molecular flexibility index (Phi) is 9.69. The number of primary amides is 1. The lowest BCUT2D eigenvalue weighted by atomic mass is 9.98. The molecular weight excluding hydrogens is 466 g/mol. The quantitative estimate of drug-likeness (QED) is 0.347. The number of carbonyl (C=O) groups excluding carboxylic acids is 2. The van der Waals surface area contributed by atoms with Crippen molar-refractivity contribution in [3.8, 4) is 22.6 Å². The summed E-state index contributed by atoms with van der Waals surface area (Å²) in [6, 6.07) is 18.2. The molecule has 37 heavy (non-hydrogen) atoms. The molecule has 7 heteroatoms. The van der Waals surface area contributed by atoms with Gasteiger partial charge in [-0.2, -0.15) is 0 Å². The van der Waals surface area contributed by atoms with Crippen LogP contribution >= 0.6 is 0 Å². The number of rotatable bonds is 12. The van der Waals surface area contributed by atoms with E-state index in [1.54, 1.807) is 7.11 Å². The Balaban J connectivity index is 1.57. The molecule has 0 radical (unpaired) electrons. The van der Waals surface area contributed by atoms with Gasteiger partial charge in [-0.1, -0.05) is 61.0 Å². The molecule has 3 aromatic carbocycles. The van der Waals surface area contributed by atoms with Crippen LogP contribution in [0.2, 0.25) is 0 Å². The summed E-state index contributed by atoms with van der Waals surface area (Å²) < 4.78 is 11.4. The summed E-state index contributed by atoms with van der Waals surface area (Å²) in [5, 5.41) is 2.67. The van der Waals surface area contributed by atoms with Gasteiger partial charge in [-0.25, -0.2) is 0 Å². The zero-order valence-corrected chi connectivity index (χ0v) is 22.0. The van der Waals surface area contributed by atoms with Crippen LogP contribution in [-0.4, -0.2) is 37.6 Å². The van der Waals surface area contributed by atoms with Crippen molar-refractivity contribution in [3.05, 3.63) is 82.9 Å². The van der Waals surface area contributed by atoms with Gasteiger partial charge in [0.25, 0.3) is 0 Å². The molecule has 2 atom stereocenters. The van der Waals surface area contributed by atoms with Crippen LogP contribution in [0.25, 0.3) is 11.1 Å². The first-order valence-corrected chi connectivity index (χ1v) is 12.5. The number of carbonyl (C=O) groups is 2. The Hall–Kier alpha value is -3.84. The number of aryl methyl sites for hydroxylation is 3. The maximum absolute atomic E-state index is 12.7. The zero-order valence-electron chi connectivity index (χ0n) is 22.0. The maximum atomic E-state index is 12.7. The normalized spacial score (nSPS) is 12.5. The number of hydrogen-bond donors (Lipinski definition) is 3. The van der Waals surface area contributed by atoms with Crippen LogP contribution in [0, 0.1) is 13.8 Å². The van der Waals surface area contributed by atoms with Crippen LogP contribution in [-0.2, 0) is 22.4 Å². The highest BCUT2D eigenvalue weighted by Gasteiger charge is 2.22. The molecule has 3 rings (SSSR count). The molecule has 0 heterocycles. The summed E-state index contributed by atoms with van der Waals surface area (Å²) in [7, 11) is 1.67. The van der Waals surface area contributed by atoms with Crippen molar-refractivity contribution in [2.24, 2.45) is 11.5 Å². The standard InChI is InChI=1S/C30H37N3O4/c1-5-21-9-12-24(28(18-21)36-4)23-10-7-22(8-11-23)17-25(31)30(35)33-26(29(32)34)14-15-37-27-13-6-19(2)16-20(27)3/h6-13,16,18,25-26H,5,14-15,17,31H2,1-4H3,(H2,32,34)(H,33,35)/t25-,26+/m0/s1. The van der Waals surface area contributed by atoms with Gasteiger partial charge in [0, 0.05) is 12.0 Å². The third-order valence-corrected chi connectivity index (χ3v) is 6.39. The molecule has 7 nitrogen and oxygen atoms in total. The van der Waals surface area contributed by atoms with Gasteiger partial charge in [-0.05, 0) is 61.1 Å². The molecule has 3 aromatic rings. The highest BCUT2D eigenvalue weighted by molar-refractivity contribution is 5.89. The summed E-state index contributed by atoms with van der Waals surface area (Å²) >= 11 is 0. The third-order valence-electron chi connectivity index (χ3n) is 6.39. The average Bonchev–Trinajstić information content (AvgIpc) is 2.89. The lowest BCUT2D eigenvalue weighted by Crippen LogP contribution is -2.51. The lowest BCUT2D eigenvalue weighted by molar-refractivity contribution is -0.128. The van der Waals surface area contributed by atoms with Gasteiger partial charge in [0.05, 0.1) is 19.8 Å². The van der Waals surface area contributed by atoms with Crippen molar-refractivity contribution in [2.75, 3.05) is 13.7 Å². The Labute approximate surface area is 219 Å². The van der Waals surface area contributed by atoms with Gasteiger partial charge in [-0.3, -0.25) is 9.59 Å². The van der Waals surface area contributed by atoms with Crippen molar-refractivity contribution in [1.82, 2.24) is 5.32 Å². The van der Waals surface area contributed by atoms with E-state index in [4.69, 9.17) is 20.9 Å². The van der Waals surface area contributed by atoms with E-state index in [2.05, 4.69) is 24.4 Å². The first-order chi connectivity index (χ1) is 17.7. The summed E-state index contributed by atoms with van der Waals surface area (Å²) in [5.41, 5.74) is 18.0. The fourth-order valence-electron chi connectivity index (χ4n) is 4.17. The summed E-state index contributed by atoms with van der Waals surface area (Å²) in [4.78, 5) is 24.7. The van der Waals surface area contributed by atoms with Crippen LogP contribution in [0.1, 0.15) is 35.6 Å². The molecular formula is C30H37N3O4. The molecule has 0 fully saturated rings. The molecule has 196 valence electrons. The van der Waals surface area contributed by atoms with E-state index in [0.717, 1.165) is 45.7 Å². The van der Waals surface area contributed by atoms with E-state index in [-0.39, 0.29) is 13.0 Å². The van der Waals surface area contributed by atoms with Crippen LogP contribution in [0.4, 0.5) is 0 Å². The van der Waals surface area contributed by atoms with Gasteiger partial charge in [0.15, 0.2) is 0 Å². The van der Waals surface area contributed by atoms with Crippen LogP contribution in [0.15, 0.2) is 60.7 Å². The highest BCUT2D eigenvalue weighted by Crippen LogP contribution is 2.31. The third kappa shape index (κ3) is 7.57. The number of methoxy groups -OCH3 is 1. The molecule has 0 aliphatic rings. The van der Waals surface area contributed by atoms with E-state index in [1.807, 2.05) is 62.4 Å². The first kappa shape index (κ1) is 27.7. The largest absolute Gasteiger partial charge is 0.496 e. The number of nitrogens with one attached hydrogen (secondary N) is 1. The van der Waals surface area contributed by atoms with Crippen LogP contribution < -0.4 is 26.3 Å². The van der Waals surface area contributed by atoms with Gasteiger partial charge >= 0.3 is 0 Å². The fourth-order valence-corrected chi connectivity index (χ4v) is 4.17. The minimum atomic E-state index is -0.870. The van der Waals surface area contributed by atoms with E-state index in [0.29, 0.717) is 6.42 Å². The van der Waals surface area contributed by atoms with Crippen molar-refractivity contribution in [1.29, 1.82) is 0 Å². The van der Waals surface area contributed by atoms with E-state index >= 15 is 0 Å². The first-order valence-electron chi connectivity index (χ1n) is 12.5. The summed E-state index contributed by atoms with van der Waals surface area (Å²) in [5.74, 6) is 0.495. The topological polar surface area (TPSA) is 117 Å². The number of hydrogen-bond acceptors (Lipinski definition) is 5. The Morgan fingerprint density at radius 3 is 2.27 bits per heavy atom. The second-order valence-electron chi connectivity index (χ2n) is 9.27. The molecule has 0 aliphatic heterocycles. The van der Waals surface area contributed by atoms with Crippen molar-refractivity contribution in [3.63, 3.8) is 0 Å². The van der Waals surface area contributed by atoms with Crippen molar-refractivity contribution < 1.29 is 19.1 Å². The Bertz CT molecular complexity index is 1220. The second-order valence-corrected chi connectivity index (χ2v) is 9.27. The molecule has 0 bridgehead atoms. The minimum Gasteiger partial charge on any atom is -0.496 e. The van der Waals surface area contributed by atoms with Crippen LogP contribution in [0.5, 0.6) is 11.5 Å².